The summed E-state index contributed by atoms with van der Waals surface area (Å²) in [4.78, 5) is 2.18. The molecule has 0 aliphatic carbocycles. The highest BCUT2D eigenvalue weighted by Gasteiger charge is 2.07. The number of rotatable bonds is 4. The third kappa shape index (κ3) is 2.92. The molecule has 0 heterocycles. The number of fused-ring (bicyclic) bond motifs is 1. The second-order valence-electron chi connectivity index (χ2n) is 5.67. The van der Waals surface area contributed by atoms with Gasteiger partial charge in [0, 0.05) is 25.2 Å². The van der Waals surface area contributed by atoms with Gasteiger partial charge in [-0.15, -0.1) is 0 Å². The molecule has 0 aliphatic heterocycles. The van der Waals surface area contributed by atoms with Crippen molar-refractivity contribution in [2.24, 2.45) is 0 Å². The fourth-order valence-corrected chi connectivity index (χ4v) is 2.88. The molecule has 0 saturated carbocycles. The van der Waals surface area contributed by atoms with E-state index in [4.69, 9.17) is 0 Å². The minimum Gasteiger partial charge on any atom is -0.377 e. The molecule has 1 heteroatoms. The monoisotopic (exact) mass is 275 g/mol. The molecule has 3 rings (SSSR count). The van der Waals surface area contributed by atoms with Crippen LogP contribution in [-0.4, -0.2) is 14.1 Å². The summed E-state index contributed by atoms with van der Waals surface area (Å²) in [6.45, 7) is 0. The van der Waals surface area contributed by atoms with E-state index in [0.717, 1.165) is 12.8 Å². The SMILES string of the molecule is CN(C)c1ccc(CCc2ccccc2)c2ccccc12. The van der Waals surface area contributed by atoms with E-state index in [0.29, 0.717) is 0 Å². The van der Waals surface area contributed by atoms with E-state index >= 15 is 0 Å². The van der Waals surface area contributed by atoms with Gasteiger partial charge in [0.05, 0.1) is 0 Å². The van der Waals surface area contributed by atoms with Crippen molar-refractivity contribution in [2.75, 3.05) is 19.0 Å². The first-order chi connectivity index (χ1) is 10.3. The van der Waals surface area contributed by atoms with Crippen LogP contribution < -0.4 is 4.90 Å². The van der Waals surface area contributed by atoms with Gasteiger partial charge in [-0.1, -0.05) is 60.7 Å². The van der Waals surface area contributed by atoms with Crippen LogP contribution >= 0.6 is 0 Å². The molecule has 0 N–H and O–H groups in total. The van der Waals surface area contributed by atoms with Gasteiger partial charge in [0.1, 0.15) is 0 Å². The Morgan fingerprint density at radius 2 is 1.33 bits per heavy atom. The highest BCUT2D eigenvalue weighted by Crippen LogP contribution is 2.29. The quantitative estimate of drug-likeness (QED) is 0.667. The molecule has 0 fully saturated rings. The Balaban J connectivity index is 1.94. The first kappa shape index (κ1) is 13.7. The van der Waals surface area contributed by atoms with Crippen molar-refractivity contribution in [3.63, 3.8) is 0 Å². The zero-order valence-corrected chi connectivity index (χ0v) is 12.7. The number of nitrogens with zero attached hydrogens (tertiary/aromatic N) is 1. The van der Waals surface area contributed by atoms with Crippen LogP contribution in [-0.2, 0) is 12.8 Å². The Labute approximate surface area is 126 Å². The lowest BCUT2D eigenvalue weighted by Crippen LogP contribution is -2.09. The largest absolute Gasteiger partial charge is 0.377 e. The van der Waals surface area contributed by atoms with Crippen molar-refractivity contribution in [3.05, 3.63) is 77.9 Å². The second-order valence-corrected chi connectivity index (χ2v) is 5.67. The fourth-order valence-electron chi connectivity index (χ4n) is 2.88. The van der Waals surface area contributed by atoms with Gasteiger partial charge in [-0.2, -0.15) is 0 Å². The van der Waals surface area contributed by atoms with Crippen LogP contribution in [0.1, 0.15) is 11.1 Å². The fraction of sp³-hybridized carbons (Fsp3) is 0.200. The maximum Gasteiger partial charge on any atom is 0.0440 e. The summed E-state index contributed by atoms with van der Waals surface area (Å²) in [7, 11) is 4.21. The molecule has 0 unspecified atom stereocenters. The summed E-state index contributed by atoms with van der Waals surface area (Å²) in [5, 5.41) is 2.72. The van der Waals surface area contributed by atoms with Crippen LogP contribution in [0.15, 0.2) is 66.7 Å². The van der Waals surface area contributed by atoms with Gasteiger partial charge < -0.3 is 4.90 Å². The Morgan fingerprint density at radius 1 is 0.667 bits per heavy atom. The lowest BCUT2D eigenvalue weighted by Gasteiger charge is -2.17. The molecule has 0 saturated heterocycles. The Hall–Kier alpha value is -2.28. The van der Waals surface area contributed by atoms with E-state index in [1.165, 1.54) is 27.6 Å². The summed E-state index contributed by atoms with van der Waals surface area (Å²) >= 11 is 0. The number of anilines is 1. The minimum atomic E-state index is 1.08. The van der Waals surface area contributed by atoms with Gasteiger partial charge in [-0.05, 0) is 35.4 Å². The molecule has 0 aromatic heterocycles. The molecule has 0 bridgehead atoms. The number of hydrogen-bond donors (Lipinski definition) is 0. The molecule has 0 spiro atoms. The third-order valence-electron chi connectivity index (χ3n) is 4.00. The van der Waals surface area contributed by atoms with Gasteiger partial charge in [0.2, 0.25) is 0 Å². The average molecular weight is 275 g/mol. The van der Waals surface area contributed by atoms with Gasteiger partial charge in [-0.3, -0.25) is 0 Å². The molecule has 21 heavy (non-hydrogen) atoms. The zero-order chi connectivity index (χ0) is 14.7. The zero-order valence-electron chi connectivity index (χ0n) is 12.7. The Kier molecular flexibility index (Phi) is 3.92. The van der Waals surface area contributed by atoms with Gasteiger partial charge in [-0.25, -0.2) is 0 Å². The van der Waals surface area contributed by atoms with E-state index in [2.05, 4.69) is 85.7 Å². The molecule has 3 aromatic rings. The molecular weight excluding hydrogens is 254 g/mol. The summed E-state index contributed by atoms with van der Waals surface area (Å²) in [6, 6.07) is 23.9. The lowest BCUT2D eigenvalue weighted by molar-refractivity contribution is 0.968. The highest BCUT2D eigenvalue weighted by atomic mass is 15.1. The molecule has 0 amide bonds. The van der Waals surface area contributed by atoms with Gasteiger partial charge >= 0.3 is 0 Å². The van der Waals surface area contributed by atoms with Gasteiger partial charge in [0.25, 0.3) is 0 Å². The first-order valence-corrected chi connectivity index (χ1v) is 7.47. The standard InChI is InChI=1S/C20H21N/c1-21(2)20-15-14-17(18-10-6-7-11-19(18)20)13-12-16-8-4-3-5-9-16/h3-11,14-15H,12-13H2,1-2H3. The smallest absolute Gasteiger partial charge is 0.0440 e. The molecular formula is C20H21N. The predicted molar refractivity (Wildman–Crippen MR) is 92.1 cm³/mol. The first-order valence-electron chi connectivity index (χ1n) is 7.47. The molecule has 0 atom stereocenters. The average Bonchev–Trinajstić information content (AvgIpc) is 2.53. The number of benzene rings is 3. The summed E-state index contributed by atoms with van der Waals surface area (Å²) in [5.74, 6) is 0. The predicted octanol–water partition coefficient (Wildman–Crippen LogP) is 4.69. The lowest BCUT2D eigenvalue weighted by atomic mass is 9.97. The highest BCUT2D eigenvalue weighted by molar-refractivity contribution is 5.96. The minimum absolute atomic E-state index is 1.08. The topological polar surface area (TPSA) is 3.24 Å². The van der Waals surface area contributed by atoms with Crippen LogP contribution in [0.4, 0.5) is 5.69 Å². The van der Waals surface area contributed by atoms with Crippen molar-refractivity contribution >= 4 is 16.5 Å². The van der Waals surface area contributed by atoms with E-state index in [1.807, 2.05) is 0 Å². The Bertz CT molecular complexity index is 729. The molecule has 0 radical (unpaired) electrons. The van der Waals surface area contributed by atoms with Crippen molar-refractivity contribution in [2.45, 2.75) is 12.8 Å². The van der Waals surface area contributed by atoms with Crippen molar-refractivity contribution in [1.82, 2.24) is 0 Å². The van der Waals surface area contributed by atoms with E-state index in [1.54, 1.807) is 0 Å². The van der Waals surface area contributed by atoms with Crippen molar-refractivity contribution < 1.29 is 0 Å². The molecule has 1 nitrogen and oxygen atoms in total. The van der Waals surface area contributed by atoms with Crippen LogP contribution in [0.2, 0.25) is 0 Å². The van der Waals surface area contributed by atoms with E-state index < -0.39 is 0 Å². The van der Waals surface area contributed by atoms with Crippen LogP contribution in [0.5, 0.6) is 0 Å². The summed E-state index contributed by atoms with van der Waals surface area (Å²) in [6.07, 6.45) is 2.17. The van der Waals surface area contributed by atoms with Crippen LogP contribution in [0.25, 0.3) is 10.8 Å². The van der Waals surface area contributed by atoms with Crippen LogP contribution in [0.3, 0.4) is 0 Å². The normalized spacial score (nSPS) is 10.8. The number of hydrogen-bond acceptors (Lipinski definition) is 1. The van der Waals surface area contributed by atoms with Gasteiger partial charge in [0.15, 0.2) is 0 Å². The molecule has 106 valence electrons. The summed E-state index contributed by atoms with van der Waals surface area (Å²) < 4.78 is 0. The van der Waals surface area contributed by atoms with Crippen molar-refractivity contribution in [3.8, 4) is 0 Å². The van der Waals surface area contributed by atoms with E-state index in [-0.39, 0.29) is 0 Å². The maximum atomic E-state index is 2.28. The maximum absolute atomic E-state index is 2.28. The third-order valence-corrected chi connectivity index (χ3v) is 4.00. The van der Waals surface area contributed by atoms with Crippen LogP contribution in [0, 0.1) is 0 Å². The molecule has 3 aromatic carbocycles. The Morgan fingerprint density at radius 3 is 2.05 bits per heavy atom. The second kappa shape index (κ2) is 6.01. The molecule has 0 aliphatic rings. The van der Waals surface area contributed by atoms with Crippen molar-refractivity contribution in [1.29, 1.82) is 0 Å². The number of aryl methyl sites for hydroxylation is 2. The van der Waals surface area contributed by atoms with E-state index in [9.17, 15) is 0 Å². The summed E-state index contributed by atoms with van der Waals surface area (Å²) in [5.41, 5.74) is 4.12.